The van der Waals surface area contributed by atoms with Gasteiger partial charge in [-0.25, -0.2) is 0 Å². The Kier molecular flexibility index (Phi) is 7.17. The van der Waals surface area contributed by atoms with Gasteiger partial charge >= 0.3 is 0 Å². The largest absolute Gasteiger partial charge is 0.456 e. The predicted octanol–water partition coefficient (Wildman–Crippen LogP) is 15.1. The number of benzene rings is 9. The van der Waals surface area contributed by atoms with E-state index in [0.29, 0.717) is 0 Å². The van der Waals surface area contributed by atoms with Crippen molar-refractivity contribution in [1.82, 2.24) is 0 Å². The van der Waals surface area contributed by atoms with Crippen molar-refractivity contribution in [2.24, 2.45) is 0 Å². The number of nitrogens with zero attached hydrogens (tertiary/aromatic N) is 1. The molecule has 0 N–H and O–H groups in total. The van der Waals surface area contributed by atoms with Crippen molar-refractivity contribution < 1.29 is 8.83 Å². The zero-order valence-corrected chi connectivity index (χ0v) is 29.8. The van der Waals surface area contributed by atoms with Crippen LogP contribution in [0, 0.1) is 0 Å². The molecule has 0 saturated carbocycles. The molecule has 2 heterocycles. The lowest BCUT2D eigenvalue weighted by Gasteiger charge is -2.26. The fourth-order valence-corrected chi connectivity index (χ4v) is 8.26. The number of furan rings is 2. The van der Waals surface area contributed by atoms with E-state index in [9.17, 15) is 0 Å². The van der Waals surface area contributed by atoms with Crippen LogP contribution in [0.1, 0.15) is 0 Å². The smallest absolute Gasteiger partial charge is 0.160 e. The Morgan fingerprint density at radius 3 is 1.67 bits per heavy atom. The van der Waals surface area contributed by atoms with Crippen LogP contribution in [0.4, 0.5) is 17.1 Å². The molecule has 9 aromatic carbocycles. The first-order valence-electron chi connectivity index (χ1n) is 18.7. The number of hydrogen-bond donors (Lipinski definition) is 0. The molecule has 55 heavy (non-hydrogen) atoms. The molecule has 0 aliphatic carbocycles. The van der Waals surface area contributed by atoms with Crippen LogP contribution >= 0.6 is 0 Å². The molecule has 0 aliphatic rings. The lowest BCUT2D eigenvalue weighted by molar-refractivity contribution is 0.668. The Morgan fingerprint density at radius 1 is 0.327 bits per heavy atom. The van der Waals surface area contributed by atoms with Gasteiger partial charge in [0, 0.05) is 32.9 Å². The van der Waals surface area contributed by atoms with E-state index >= 15 is 0 Å². The van der Waals surface area contributed by atoms with Crippen LogP contribution in [0.3, 0.4) is 0 Å². The van der Waals surface area contributed by atoms with Gasteiger partial charge in [-0.2, -0.15) is 0 Å². The van der Waals surface area contributed by atoms with Crippen LogP contribution in [0.25, 0.3) is 88.0 Å². The summed E-state index contributed by atoms with van der Waals surface area (Å²) in [5.41, 5.74) is 13.5. The fourth-order valence-electron chi connectivity index (χ4n) is 8.26. The molecule has 3 nitrogen and oxygen atoms in total. The summed E-state index contributed by atoms with van der Waals surface area (Å²) in [6.07, 6.45) is 0. The minimum atomic E-state index is 0.848. The van der Waals surface area contributed by atoms with Crippen molar-refractivity contribution in [3.8, 4) is 33.4 Å². The highest BCUT2D eigenvalue weighted by Gasteiger charge is 2.23. The van der Waals surface area contributed by atoms with E-state index < -0.39 is 0 Å². The summed E-state index contributed by atoms with van der Waals surface area (Å²) in [4.78, 5) is 2.33. The zero-order valence-electron chi connectivity index (χ0n) is 29.8. The van der Waals surface area contributed by atoms with Crippen LogP contribution in [-0.2, 0) is 0 Å². The van der Waals surface area contributed by atoms with Crippen LogP contribution in [0.5, 0.6) is 0 Å². The third-order valence-corrected chi connectivity index (χ3v) is 10.9. The Labute approximate surface area is 317 Å². The molecule has 0 saturated heterocycles. The van der Waals surface area contributed by atoms with E-state index in [1.807, 2.05) is 18.2 Å². The van der Waals surface area contributed by atoms with Gasteiger partial charge in [-0.05, 0) is 98.8 Å². The molecule has 0 atom stereocenters. The Morgan fingerprint density at radius 2 is 0.891 bits per heavy atom. The highest BCUT2D eigenvalue weighted by atomic mass is 16.3. The van der Waals surface area contributed by atoms with Gasteiger partial charge in [-0.3, -0.25) is 0 Å². The van der Waals surface area contributed by atoms with E-state index in [-0.39, 0.29) is 0 Å². The molecule has 0 bridgehead atoms. The number of hydrogen-bond acceptors (Lipinski definition) is 3. The minimum absolute atomic E-state index is 0.848. The second-order valence-corrected chi connectivity index (χ2v) is 14.1. The zero-order chi connectivity index (χ0) is 36.3. The standard InChI is InChI=1S/C52H33NO2/c1-3-12-34(13-4-1)37-22-23-39-33-41(29-26-38(39)32-37)53(40-27-24-36(25-28-40)42-18-11-21-49-50(42)44-16-7-9-19-47(44)54-49)46-31-30-43(35-14-5-2-6-15-35)51-45-17-8-10-20-48(45)55-52(46)51/h1-33H. The van der Waals surface area contributed by atoms with Gasteiger partial charge in [0.15, 0.2) is 5.58 Å². The van der Waals surface area contributed by atoms with Crippen molar-refractivity contribution in [1.29, 1.82) is 0 Å². The number of para-hydroxylation sites is 2. The second kappa shape index (κ2) is 12.6. The van der Waals surface area contributed by atoms with E-state index in [0.717, 1.165) is 83.2 Å². The molecule has 0 unspecified atom stereocenters. The minimum Gasteiger partial charge on any atom is -0.456 e. The molecule has 3 heteroatoms. The first-order valence-corrected chi connectivity index (χ1v) is 18.7. The Bertz CT molecular complexity index is 3190. The molecule has 2 aromatic heterocycles. The van der Waals surface area contributed by atoms with Gasteiger partial charge in [0.25, 0.3) is 0 Å². The van der Waals surface area contributed by atoms with Gasteiger partial charge < -0.3 is 13.7 Å². The summed E-state index contributed by atoms with van der Waals surface area (Å²) in [6.45, 7) is 0. The summed E-state index contributed by atoms with van der Waals surface area (Å²) in [5, 5.41) is 6.81. The predicted molar refractivity (Wildman–Crippen MR) is 229 cm³/mol. The molecule has 0 fully saturated rings. The van der Waals surface area contributed by atoms with Crippen molar-refractivity contribution in [3.05, 3.63) is 200 Å². The summed E-state index contributed by atoms with van der Waals surface area (Å²) in [7, 11) is 0. The van der Waals surface area contributed by atoms with Crippen LogP contribution in [-0.4, -0.2) is 0 Å². The average Bonchev–Trinajstić information content (AvgIpc) is 3.84. The quantitative estimate of drug-likeness (QED) is 0.173. The lowest BCUT2D eigenvalue weighted by atomic mass is 9.97. The molecule has 0 spiro atoms. The topological polar surface area (TPSA) is 29.5 Å². The van der Waals surface area contributed by atoms with Crippen LogP contribution in [0.2, 0.25) is 0 Å². The van der Waals surface area contributed by atoms with E-state index in [2.05, 4.69) is 187 Å². The summed E-state index contributed by atoms with van der Waals surface area (Å²) in [6, 6.07) is 70.9. The second-order valence-electron chi connectivity index (χ2n) is 14.1. The van der Waals surface area contributed by atoms with Gasteiger partial charge in [0.05, 0.1) is 5.69 Å². The molecular formula is C52H33NO2. The van der Waals surface area contributed by atoms with Gasteiger partial charge in [-0.1, -0.05) is 146 Å². The highest BCUT2D eigenvalue weighted by Crippen LogP contribution is 2.47. The van der Waals surface area contributed by atoms with Crippen molar-refractivity contribution in [2.75, 3.05) is 4.90 Å². The SMILES string of the molecule is c1ccc(-c2ccc3cc(N(c4ccc(-c5cccc6oc7ccccc7c56)cc4)c4ccc(-c5ccccc5)c5c4oc4ccccc45)ccc3c2)cc1. The number of rotatable bonds is 6. The number of anilines is 3. The average molecular weight is 704 g/mol. The third-order valence-electron chi connectivity index (χ3n) is 10.9. The van der Waals surface area contributed by atoms with E-state index in [4.69, 9.17) is 8.83 Å². The molecular weight excluding hydrogens is 671 g/mol. The highest BCUT2D eigenvalue weighted by molar-refractivity contribution is 6.17. The van der Waals surface area contributed by atoms with Crippen molar-refractivity contribution >= 4 is 71.7 Å². The normalized spacial score (nSPS) is 11.6. The third kappa shape index (κ3) is 5.20. The van der Waals surface area contributed by atoms with Gasteiger partial charge in [0.1, 0.15) is 16.7 Å². The monoisotopic (exact) mass is 703 g/mol. The molecule has 0 radical (unpaired) electrons. The van der Waals surface area contributed by atoms with E-state index in [1.165, 1.54) is 21.9 Å². The first-order chi connectivity index (χ1) is 27.3. The van der Waals surface area contributed by atoms with Crippen molar-refractivity contribution in [3.63, 3.8) is 0 Å². The molecule has 11 rings (SSSR count). The fraction of sp³-hybridized carbons (Fsp3) is 0. The maximum atomic E-state index is 6.84. The van der Waals surface area contributed by atoms with Crippen molar-refractivity contribution in [2.45, 2.75) is 0 Å². The maximum Gasteiger partial charge on any atom is 0.160 e. The van der Waals surface area contributed by atoms with Gasteiger partial charge in [0.2, 0.25) is 0 Å². The Hall–Kier alpha value is -7.36. The van der Waals surface area contributed by atoms with Crippen LogP contribution in [0.15, 0.2) is 209 Å². The lowest BCUT2D eigenvalue weighted by Crippen LogP contribution is -2.10. The number of fused-ring (bicyclic) bond motifs is 7. The molecule has 0 aliphatic heterocycles. The molecule has 11 aromatic rings. The van der Waals surface area contributed by atoms with E-state index in [1.54, 1.807) is 0 Å². The summed E-state index contributed by atoms with van der Waals surface area (Å²) in [5.74, 6) is 0. The van der Waals surface area contributed by atoms with Crippen LogP contribution < -0.4 is 4.90 Å². The first kappa shape index (κ1) is 31.2. The Balaban J connectivity index is 1.11. The van der Waals surface area contributed by atoms with Gasteiger partial charge in [-0.15, -0.1) is 0 Å². The molecule has 0 amide bonds. The molecule has 258 valence electrons. The summed E-state index contributed by atoms with van der Waals surface area (Å²) >= 11 is 0. The summed E-state index contributed by atoms with van der Waals surface area (Å²) < 4.78 is 13.1. The maximum absolute atomic E-state index is 6.84.